The Balaban J connectivity index is 2.25. The molecule has 1 heterocycles. The van der Waals surface area contributed by atoms with Gasteiger partial charge in [-0.25, -0.2) is 8.78 Å². The Labute approximate surface area is 117 Å². The van der Waals surface area contributed by atoms with E-state index in [2.05, 4.69) is 0 Å². The summed E-state index contributed by atoms with van der Waals surface area (Å²) in [5.74, 6) is -7.10. The van der Waals surface area contributed by atoms with Crippen molar-refractivity contribution in [1.82, 2.24) is 0 Å². The second-order valence-corrected chi connectivity index (χ2v) is 4.54. The summed E-state index contributed by atoms with van der Waals surface area (Å²) in [5.41, 5.74) is 0.122. The second-order valence-electron chi connectivity index (χ2n) is 4.54. The number of anilines is 2. The van der Waals surface area contributed by atoms with Gasteiger partial charge in [-0.05, 0) is 18.6 Å². The van der Waals surface area contributed by atoms with Gasteiger partial charge in [0.1, 0.15) is 0 Å². The Morgan fingerprint density at radius 2 is 1.95 bits per heavy atom. The number of halogens is 4. The Kier molecular flexibility index (Phi) is 4.15. The third-order valence-electron chi connectivity index (χ3n) is 3.09. The van der Waals surface area contributed by atoms with Gasteiger partial charge in [0.05, 0.1) is 11.4 Å². The van der Waals surface area contributed by atoms with Gasteiger partial charge < -0.3 is 10.2 Å². The lowest BCUT2D eigenvalue weighted by atomic mass is 10.2. The SMILES string of the molecule is O=C1CCCN1c1ccccc1NC(=O)C(F)(F)C(F)F. The molecule has 21 heavy (non-hydrogen) atoms. The maximum Gasteiger partial charge on any atom is 0.383 e. The van der Waals surface area contributed by atoms with E-state index < -0.39 is 18.3 Å². The zero-order valence-corrected chi connectivity index (χ0v) is 10.8. The molecule has 1 aromatic carbocycles. The van der Waals surface area contributed by atoms with Crippen molar-refractivity contribution in [2.24, 2.45) is 0 Å². The van der Waals surface area contributed by atoms with E-state index in [1.54, 1.807) is 11.4 Å². The highest BCUT2D eigenvalue weighted by atomic mass is 19.3. The minimum absolute atomic E-state index is 0.0990. The van der Waals surface area contributed by atoms with Crippen LogP contribution < -0.4 is 10.2 Å². The first-order valence-electron chi connectivity index (χ1n) is 6.21. The molecule has 0 unspecified atom stereocenters. The number of para-hydroxylation sites is 2. The third-order valence-corrected chi connectivity index (χ3v) is 3.09. The van der Waals surface area contributed by atoms with Crippen molar-refractivity contribution >= 4 is 23.2 Å². The summed E-state index contributed by atoms with van der Waals surface area (Å²) >= 11 is 0. The van der Waals surface area contributed by atoms with Crippen LogP contribution in [0.25, 0.3) is 0 Å². The molecular formula is C13H12F4N2O2. The lowest BCUT2D eigenvalue weighted by Gasteiger charge is -2.21. The van der Waals surface area contributed by atoms with Gasteiger partial charge in [-0.1, -0.05) is 12.1 Å². The Hall–Kier alpha value is -2.12. The van der Waals surface area contributed by atoms with Crippen LogP contribution in [0.1, 0.15) is 12.8 Å². The van der Waals surface area contributed by atoms with Gasteiger partial charge in [-0.3, -0.25) is 9.59 Å². The number of hydrogen-bond acceptors (Lipinski definition) is 2. The van der Waals surface area contributed by atoms with Crippen LogP contribution in [0.4, 0.5) is 28.9 Å². The molecule has 1 aliphatic rings. The zero-order chi connectivity index (χ0) is 15.6. The summed E-state index contributed by atoms with van der Waals surface area (Å²) in [6.07, 6.45) is -3.18. The highest BCUT2D eigenvalue weighted by Gasteiger charge is 2.49. The van der Waals surface area contributed by atoms with E-state index in [9.17, 15) is 27.2 Å². The minimum Gasteiger partial charge on any atom is -0.319 e. The first-order valence-corrected chi connectivity index (χ1v) is 6.21. The molecule has 1 aromatic rings. The molecule has 2 rings (SSSR count). The number of alkyl halides is 4. The average molecular weight is 304 g/mol. The summed E-state index contributed by atoms with van der Waals surface area (Å²) < 4.78 is 50.2. The fourth-order valence-electron chi connectivity index (χ4n) is 2.02. The predicted molar refractivity (Wildman–Crippen MR) is 67.6 cm³/mol. The molecule has 114 valence electrons. The van der Waals surface area contributed by atoms with Crippen LogP contribution in [0.15, 0.2) is 24.3 Å². The number of nitrogens with zero attached hydrogens (tertiary/aromatic N) is 1. The van der Waals surface area contributed by atoms with Crippen LogP contribution in [0.2, 0.25) is 0 Å². The van der Waals surface area contributed by atoms with Gasteiger partial charge in [0.2, 0.25) is 5.91 Å². The highest BCUT2D eigenvalue weighted by molar-refractivity contribution is 6.03. The summed E-state index contributed by atoms with van der Waals surface area (Å²) in [5, 5.41) is 1.77. The van der Waals surface area contributed by atoms with Crippen molar-refractivity contribution in [2.75, 3.05) is 16.8 Å². The Morgan fingerprint density at radius 3 is 2.52 bits per heavy atom. The van der Waals surface area contributed by atoms with Crippen molar-refractivity contribution in [3.63, 3.8) is 0 Å². The van der Waals surface area contributed by atoms with Crippen LogP contribution in [0.5, 0.6) is 0 Å². The van der Waals surface area contributed by atoms with Crippen molar-refractivity contribution in [1.29, 1.82) is 0 Å². The number of nitrogens with one attached hydrogen (secondary N) is 1. The van der Waals surface area contributed by atoms with Gasteiger partial charge in [0.25, 0.3) is 0 Å². The topological polar surface area (TPSA) is 49.4 Å². The molecule has 8 heteroatoms. The summed E-state index contributed by atoms with van der Waals surface area (Å²) in [4.78, 5) is 24.3. The molecule has 4 nitrogen and oxygen atoms in total. The van der Waals surface area contributed by atoms with E-state index in [1.807, 2.05) is 0 Å². The summed E-state index contributed by atoms with van der Waals surface area (Å²) in [6, 6.07) is 5.74. The average Bonchev–Trinajstić information content (AvgIpc) is 2.85. The van der Waals surface area contributed by atoms with Crippen LogP contribution in [0, 0.1) is 0 Å². The first-order chi connectivity index (χ1) is 9.84. The molecule has 0 radical (unpaired) electrons. The molecule has 1 N–H and O–H groups in total. The number of carbonyl (C=O) groups excluding carboxylic acids is 2. The van der Waals surface area contributed by atoms with Crippen LogP contribution in [0.3, 0.4) is 0 Å². The number of hydrogen-bond donors (Lipinski definition) is 1. The third kappa shape index (κ3) is 2.98. The van der Waals surface area contributed by atoms with Crippen LogP contribution in [-0.2, 0) is 9.59 Å². The van der Waals surface area contributed by atoms with Gasteiger partial charge >= 0.3 is 18.3 Å². The normalized spacial score (nSPS) is 15.7. The maximum absolute atomic E-state index is 13.0. The number of carbonyl (C=O) groups is 2. The molecule has 0 bridgehead atoms. The van der Waals surface area contributed by atoms with E-state index in [1.165, 1.54) is 23.1 Å². The molecule has 0 saturated carbocycles. The molecule has 1 fully saturated rings. The lowest BCUT2D eigenvalue weighted by Crippen LogP contribution is -2.41. The van der Waals surface area contributed by atoms with E-state index in [-0.39, 0.29) is 17.3 Å². The molecular weight excluding hydrogens is 292 g/mol. The van der Waals surface area contributed by atoms with Crippen molar-refractivity contribution in [3.8, 4) is 0 Å². The van der Waals surface area contributed by atoms with E-state index in [4.69, 9.17) is 0 Å². The van der Waals surface area contributed by atoms with Crippen molar-refractivity contribution in [3.05, 3.63) is 24.3 Å². The Morgan fingerprint density at radius 1 is 1.29 bits per heavy atom. The number of benzene rings is 1. The molecule has 0 aromatic heterocycles. The number of amides is 2. The van der Waals surface area contributed by atoms with Gasteiger partial charge in [-0.2, -0.15) is 8.78 Å². The highest BCUT2D eigenvalue weighted by Crippen LogP contribution is 2.31. The lowest BCUT2D eigenvalue weighted by molar-refractivity contribution is -0.163. The molecule has 0 aliphatic carbocycles. The molecule has 1 aliphatic heterocycles. The zero-order valence-electron chi connectivity index (χ0n) is 10.8. The van der Waals surface area contributed by atoms with Crippen LogP contribution in [-0.4, -0.2) is 30.7 Å². The maximum atomic E-state index is 13.0. The second kappa shape index (κ2) is 5.71. The quantitative estimate of drug-likeness (QED) is 0.869. The predicted octanol–water partition coefficient (Wildman–Crippen LogP) is 2.65. The van der Waals surface area contributed by atoms with Crippen molar-refractivity contribution < 1.29 is 27.2 Å². The molecule has 0 spiro atoms. The smallest absolute Gasteiger partial charge is 0.319 e. The standard InChI is InChI=1S/C13H12F4N2O2/c14-11(15)13(16,17)12(21)18-8-4-1-2-5-9(8)19-7-3-6-10(19)20/h1-2,4-5,11H,3,6-7H2,(H,18,21). The summed E-state index contributed by atoms with van der Waals surface area (Å²) in [6.45, 7) is 0.386. The molecule has 0 atom stereocenters. The minimum atomic E-state index is -4.79. The largest absolute Gasteiger partial charge is 0.383 e. The van der Waals surface area contributed by atoms with Gasteiger partial charge in [0.15, 0.2) is 0 Å². The fourth-order valence-corrected chi connectivity index (χ4v) is 2.02. The molecule has 2 amide bonds. The van der Waals surface area contributed by atoms with Crippen LogP contribution >= 0.6 is 0 Å². The van der Waals surface area contributed by atoms with E-state index in [0.717, 1.165) is 0 Å². The van der Waals surface area contributed by atoms with E-state index >= 15 is 0 Å². The van der Waals surface area contributed by atoms with Gasteiger partial charge in [0, 0.05) is 13.0 Å². The van der Waals surface area contributed by atoms with Crippen molar-refractivity contribution in [2.45, 2.75) is 25.2 Å². The summed E-state index contributed by atoms with van der Waals surface area (Å²) in [7, 11) is 0. The molecule has 1 saturated heterocycles. The fraction of sp³-hybridized carbons (Fsp3) is 0.385. The monoisotopic (exact) mass is 304 g/mol. The number of rotatable bonds is 4. The van der Waals surface area contributed by atoms with Gasteiger partial charge in [-0.15, -0.1) is 0 Å². The first kappa shape index (κ1) is 15.3. The Bertz CT molecular complexity index is 563. The van der Waals surface area contributed by atoms with E-state index in [0.29, 0.717) is 19.4 Å².